The fraction of sp³-hybridized carbons (Fsp3) is 0.542. The summed E-state index contributed by atoms with van der Waals surface area (Å²) in [6.45, 7) is 7.65. The SMILES string of the molecule is C[C@H]1CCCN(c2cc(N3Cc4ccccc4C3)nc(NC(=S)NC[C@@H]3CCCO3)n2)C1. The van der Waals surface area contributed by atoms with Crippen molar-refractivity contribution >= 4 is 34.9 Å². The van der Waals surface area contributed by atoms with Gasteiger partial charge in [-0.15, -0.1) is 0 Å². The van der Waals surface area contributed by atoms with Crippen molar-refractivity contribution < 1.29 is 4.74 Å². The Morgan fingerprint density at radius 3 is 2.53 bits per heavy atom. The Kier molecular flexibility index (Phi) is 6.41. The van der Waals surface area contributed by atoms with E-state index >= 15 is 0 Å². The van der Waals surface area contributed by atoms with E-state index in [4.69, 9.17) is 26.9 Å². The molecule has 2 aromatic rings. The number of hydrogen-bond acceptors (Lipinski definition) is 6. The van der Waals surface area contributed by atoms with E-state index in [2.05, 4.69) is 57.7 Å². The third-order valence-electron chi connectivity index (χ3n) is 6.58. The minimum atomic E-state index is 0.232. The van der Waals surface area contributed by atoms with Crippen LogP contribution < -0.4 is 20.4 Å². The molecule has 0 amide bonds. The number of ether oxygens (including phenoxy) is 1. The van der Waals surface area contributed by atoms with Crippen LogP contribution >= 0.6 is 12.2 Å². The van der Waals surface area contributed by atoms with Crippen LogP contribution in [0, 0.1) is 5.92 Å². The maximum absolute atomic E-state index is 5.68. The first kappa shape index (κ1) is 21.4. The van der Waals surface area contributed by atoms with Crippen molar-refractivity contribution in [1.82, 2.24) is 15.3 Å². The number of piperidine rings is 1. The fourth-order valence-corrected chi connectivity index (χ4v) is 5.03. The lowest BCUT2D eigenvalue weighted by molar-refractivity contribution is 0.114. The van der Waals surface area contributed by atoms with Gasteiger partial charge in [0.1, 0.15) is 11.6 Å². The van der Waals surface area contributed by atoms with Crippen LogP contribution in [0.3, 0.4) is 0 Å². The van der Waals surface area contributed by atoms with Gasteiger partial charge in [-0.25, -0.2) is 0 Å². The summed E-state index contributed by atoms with van der Waals surface area (Å²) in [5.41, 5.74) is 2.73. The molecule has 170 valence electrons. The van der Waals surface area contributed by atoms with Gasteiger partial charge in [0.05, 0.1) is 6.10 Å². The zero-order valence-corrected chi connectivity index (χ0v) is 19.5. The summed E-state index contributed by atoms with van der Waals surface area (Å²) in [7, 11) is 0. The molecular formula is C24H32N6OS. The maximum atomic E-state index is 5.68. The lowest BCUT2D eigenvalue weighted by Gasteiger charge is -2.32. The molecule has 3 aliphatic heterocycles. The summed E-state index contributed by atoms with van der Waals surface area (Å²) in [5.74, 6) is 3.14. The number of anilines is 3. The van der Waals surface area contributed by atoms with Gasteiger partial charge < -0.3 is 25.2 Å². The number of fused-ring (bicyclic) bond motifs is 1. The molecule has 1 aromatic heterocycles. The molecule has 2 saturated heterocycles. The van der Waals surface area contributed by atoms with E-state index in [0.717, 1.165) is 57.3 Å². The highest BCUT2D eigenvalue weighted by Crippen LogP contribution is 2.31. The molecule has 5 rings (SSSR count). The zero-order valence-electron chi connectivity index (χ0n) is 18.7. The van der Waals surface area contributed by atoms with Gasteiger partial charge >= 0.3 is 0 Å². The van der Waals surface area contributed by atoms with Crippen molar-refractivity contribution in [1.29, 1.82) is 0 Å². The molecular weight excluding hydrogens is 420 g/mol. The van der Waals surface area contributed by atoms with Crippen LogP contribution in [0.15, 0.2) is 30.3 Å². The average Bonchev–Trinajstić information content (AvgIpc) is 3.47. The highest BCUT2D eigenvalue weighted by atomic mass is 32.1. The van der Waals surface area contributed by atoms with Crippen LogP contribution in [0.5, 0.6) is 0 Å². The lowest BCUT2D eigenvalue weighted by atomic mass is 10.0. The van der Waals surface area contributed by atoms with Crippen molar-refractivity contribution in [2.45, 2.75) is 51.8 Å². The summed E-state index contributed by atoms with van der Waals surface area (Å²) in [6.07, 6.45) is 4.90. The van der Waals surface area contributed by atoms with Gasteiger partial charge in [0.25, 0.3) is 0 Å². The van der Waals surface area contributed by atoms with Gasteiger partial charge in [0.2, 0.25) is 5.95 Å². The molecule has 2 atom stereocenters. The Morgan fingerprint density at radius 2 is 1.84 bits per heavy atom. The van der Waals surface area contributed by atoms with Crippen molar-refractivity contribution in [2.75, 3.05) is 41.4 Å². The van der Waals surface area contributed by atoms with Gasteiger partial charge in [-0.1, -0.05) is 31.2 Å². The molecule has 0 radical (unpaired) electrons. The number of nitrogens with zero attached hydrogens (tertiary/aromatic N) is 4. The fourth-order valence-electron chi connectivity index (χ4n) is 4.85. The molecule has 0 unspecified atom stereocenters. The summed E-state index contributed by atoms with van der Waals surface area (Å²) in [5, 5.41) is 7.04. The van der Waals surface area contributed by atoms with E-state index in [-0.39, 0.29) is 6.10 Å². The Bertz CT molecular complexity index is 938. The molecule has 2 N–H and O–H groups in total. The van der Waals surface area contributed by atoms with Crippen LogP contribution in [-0.2, 0) is 17.8 Å². The number of aromatic nitrogens is 2. The van der Waals surface area contributed by atoms with Gasteiger partial charge in [-0.3, -0.25) is 0 Å². The topological polar surface area (TPSA) is 65.5 Å². The summed E-state index contributed by atoms with van der Waals surface area (Å²) >= 11 is 5.54. The first-order valence-electron chi connectivity index (χ1n) is 11.8. The first-order valence-corrected chi connectivity index (χ1v) is 12.2. The highest BCUT2D eigenvalue weighted by Gasteiger charge is 2.24. The molecule has 32 heavy (non-hydrogen) atoms. The number of hydrogen-bond donors (Lipinski definition) is 2. The third kappa shape index (κ3) is 4.96. The zero-order chi connectivity index (χ0) is 21.9. The Hall–Kier alpha value is -2.45. The predicted molar refractivity (Wildman–Crippen MR) is 132 cm³/mol. The summed E-state index contributed by atoms with van der Waals surface area (Å²) in [4.78, 5) is 14.4. The molecule has 3 aliphatic rings. The monoisotopic (exact) mass is 452 g/mol. The molecule has 0 spiro atoms. The van der Waals surface area contributed by atoms with Gasteiger partial charge in [-0.05, 0) is 54.9 Å². The second-order valence-electron chi connectivity index (χ2n) is 9.20. The van der Waals surface area contributed by atoms with Crippen molar-refractivity contribution in [2.24, 2.45) is 5.92 Å². The first-order chi connectivity index (χ1) is 15.6. The second kappa shape index (κ2) is 9.58. The van der Waals surface area contributed by atoms with E-state index < -0.39 is 0 Å². The minimum absolute atomic E-state index is 0.232. The van der Waals surface area contributed by atoms with Crippen molar-refractivity contribution in [3.05, 3.63) is 41.5 Å². The number of nitrogens with one attached hydrogen (secondary N) is 2. The molecule has 7 nitrogen and oxygen atoms in total. The van der Waals surface area contributed by atoms with Crippen LogP contribution in [0.25, 0.3) is 0 Å². The highest BCUT2D eigenvalue weighted by molar-refractivity contribution is 7.80. The molecule has 8 heteroatoms. The molecule has 0 saturated carbocycles. The number of rotatable bonds is 5. The van der Waals surface area contributed by atoms with Crippen molar-refractivity contribution in [3.63, 3.8) is 0 Å². The summed E-state index contributed by atoms with van der Waals surface area (Å²) < 4.78 is 5.68. The molecule has 4 heterocycles. The number of benzene rings is 1. The summed E-state index contributed by atoms with van der Waals surface area (Å²) in [6, 6.07) is 10.8. The Balaban J connectivity index is 1.35. The standard InChI is InChI=1S/C24H32N6OS/c1-17-6-4-10-29(14-17)21-12-22(30-15-18-7-2-3-8-19(18)16-30)27-23(26-21)28-24(32)25-13-20-9-5-11-31-20/h2-3,7-8,12,17,20H,4-6,9-11,13-16H2,1H3,(H2,25,26,27,28,32)/t17-,20-/m0/s1. The number of thiocarbonyl (C=S) groups is 1. The molecule has 0 aliphatic carbocycles. The van der Waals surface area contributed by atoms with E-state index in [1.807, 2.05) is 0 Å². The minimum Gasteiger partial charge on any atom is -0.376 e. The van der Waals surface area contributed by atoms with Crippen LogP contribution in [0.2, 0.25) is 0 Å². The normalized spacial score (nSPS) is 22.7. The molecule has 1 aromatic carbocycles. The van der Waals surface area contributed by atoms with Gasteiger partial charge in [0, 0.05) is 45.4 Å². The largest absolute Gasteiger partial charge is 0.376 e. The van der Waals surface area contributed by atoms with E-state index in [0.29, 0.717) is 23.5 Å². The second-order valence-corrected chi connectivity index (χ2v) is 9.60. The lowest BCUT2D eigenvalue weighted by Crippen LogP contribution is -2.37. The molecule has 2 fully saturated rings. The van der Waals surface area contributed by atoms with E-state index in [9.17, 15) is 0 Å². The predicted octanol–water partition coefficient (Wildman–Crippen LogP) is 3.70. The maximum Gasteiger partial charge on any atom is 0.232 e. The Morgan fingerprint density at radius 1 is 1.09 bits per heavy atom. The van der Waals surface area contributed by atoms with E-state index in [1.165, 1.54) is 24.0 Å². The van der Waals surface area contributed by atoms with Crippen LogP contribution in [0.4, 0.5) is 17.6 Å². The average molecular weight is 453 g/mol. The third-order valence-corrected chi connectivity index (χ3v) is 6.83. The Labute approximate surface area is 195 Å². The van der Waals surface area contributed by atoms with Gasteiger partial charge in [-0.2, -0.15) is 9.97 Å². The van der Waals surface area contributed by atoms with Gasteiger partial charge in [0.15, 0.2) is 5.11 Å². The van der Waals surface area contributed by atoms with E-state index in [1.54, 1.807) is 0 Å². The van der Waals surface area contributed by atoms with Crippen LogP contribution in [0.1, 0.15) is 43.7 Å². The van der Waals surface area contributed by atoms with Crippen molar-refractivity contribution in [3.8, 4) is 0 Å². The van der Waals surface area contributed by atoms with Crippen LogP contribution in [-0.4, -0.2) is 47.4 Å². The molecule has 0 bridgehead atoms. The quantitative estimate of drug-likeness (QED) is 0.666. The smallest absolute Gasteiger partial charge is 0.232 e.